The van der Waals surface area contributed by atoms with Crippen molar-refractivity contribution in [3.8, 4) is 28.6 Å². The van der Waals surface area contributed by atoms with Gasteiger partial charge in [0.05, 0.1) is 12.7 Å². The predicted molar refractivity (Wildman–Crippen MR) is 88.0 cm³/mol. The number of hydrogen-bond donors (Lipinski definition) is 0. The molecule has 0 spiro atoms. The van der Waals surface area contributed by atoms with Crippen molar-refractivity contribution in [3.05, 3.63) is 53.9 Å². The largest absolute Gasteiger partial charge is 0.497 e. The molecule has 0 bridgehead atoms. The molecule has 4 rings (SSSR count). The highest BCUT2D eigenvalue weighted by atomic mass is 16.7. The molecule has 0 fully saturated rings. The van der Waals surface area contributed by atoms with Gasteiger partial charge < -0.3 is 23.5 Å². The Kier molecular flexibility index (Phi) is 4.14. The smallest absolute Gasteiger partial charge is 0.338 e. The molecule has 8 nitrogen and oxygen atoms in total. The molecule has 1 aliphatic rings. The van der Waals surface area contributed by atoms with Crippen LogP contribution in [0.5, 0.6) is 17.2 Å². The fraction of sp³-hybridized carbons (Fsp3) is 0.167. The number of fused-ring (bicyclic) bond motifs is 1. The van der Waals surface area contributed by atoms with Crippen LogP contribution in [0.2, 0.25) is 0 Å². The summed E-state index contributed by atoms with van der Waals surface area (Å²) in [5, 5.41) is 3.89. The summed E-state index contributed by atoms with van der Waals surface area (Å²) in [6, 6.07) is 11.9. The maximum atomic E-state index is 12.0. The van der Waals surface area contributed by atoms with Gasteiger partial charge in [-0.05, 0) is 42.5 Å². The van der Waals surface area contributed by atoms with Gasteiger partial charge >= 0.3 is 5.97 Å². The van der Waals surface area contributed by atoms with Gasteiger partial charge in [0.15, 0.2) is 18.1 Å². The van der Waals surface area contributed by atoms with Crippen LogP contribution in [0.15, 0.2) is 47.0 Å². The van der Waals surface area contributed by atoms with Crippen molar-refractivity contribution in [2.24, 2.45) is 0 Å². The third-order valence-corrected chi connectivity index (χ3v) is 3.75. The maximum Gasteiger partial charge on any atom is 0.338 e. The highest BCUT2D eigenvalue weighted by molar-refractivity contribution is 5.89. The third kappa shape index (κ3) is 3.16. The van der Waals surface area contributed by atoms with E-state index in [-0.39, 0.29) is 19.3 Å². The van der Waals surface area contributed by atoms with Gasteiger partial charge in [0, 0.05) is 5.56 Å². The first kappa shape index (κ1) is 15.9. The average Bonchev–Trinajstić information content (AvgIpc) is 3.34. The van der Waals surface area contributed by atoms with E-state index in [0.29, 0.717) is 34.2 Å². The van der Waals surface area contributed by atoms with Gasteiger partial charge in [-0.2, -0.15) is 4.98 Å². The molecule has 0 unspecified atom stereocenters. The zero-order valence-corrected chi connectivity index (χ0v) is 13.8. The number of benzene rings is 2. The Bertz CT molecular complexity index is 935. The van der Waals surface area contributed by atoms with Crippen LogP contribution in [-0.4, -0.2) is 30.0 Å². The average molecular weight is 354 g/mol. The number of methoxy groups -OCH3 is 1. The molecule has 2 heterocycles. The number of esters is 1. The molecule has 3 aromatic rings. The lowest BCUT2D eigenvalue weighted by Gasteiger charge is -2.03. The third-order valence-electron chi connectivity index (χ3n) is 3.75. The Morgan fingerprint density at radius 3 is 2.73 bits per heavy atom. The van der Waals surface area contributed by atoms with Crippen molar-refractivity contribution >= 4 is 5.97 Å². The van der Waals surface area contributed by atoms with E-state index < -0.39 is 5.97 Å². The van der Waals surface area contributed by atoms with Crippen LogP contribution in [0.1, 0.15) is 16.2 Å². The molecule has 0 saturated carbocycles. The van der Waals surface area contributed by atoms with Crippen molar-refractivity contribution in [2.45, 2.75) is 6.61 Å². The molecule has 0 amide bonds. The van der Waals surface area contributed by atoms with Crippen molar-refractivity contribution in [1.29, 1.82) is 0 Å². The Labute approximate surface area is 148 Å². The monoisotopic (exact) mass is 354 g/mol. The summed E-state index contributed by atoms with van der Waals surface area (Å²) in [4.78, 5) is 16.3. The van der Waals surface area contributed by atoms with Gasteiger partial charge in [0.25, 0.3) is 5.89 Å². The van der Waals surface area contributed by atoms with E-state index >= 15 is 0 Å². The van der Waals surface area contributed by atoms with Crippen molar-refractivity contribution in [3.63, 3.8) is 0 Å². The summed E-state index contributed by atoms with van der Waals surface area (Å²) < 4.78 is 26.0. The van der Waals surface area contributed by atoms with E-state index in [1.807, 2.05) is 0 Å². The fourth-order valence-electron chi connectivity index (χ4n) is 2.40. The molecule has 2 aromatic carbocycles. The summed E-state index contributed by atoms with van der Waals surface area (Å²) in [7, 11) is 1.56. The van der Waals surface area contributed by atoms with Crippen LogP contribution in [0.4, 0.5) is 0 Å². The van der Waals surface area contributed by atoms with E-state index in [9.17, 15) is 4.79 Å². The van der Waals surface area contributed by atoms with Crippen LogP contribution in [0.25, 0.3) is 11.4 Å². The molecule has 0 saturated heterocycles. The first-order valence-electron chi connectivity index (χ1n) is 7.77. The zero-order chi connectivity index (χ0) is 17.9. The number of ether oxygens (including phenoxy) is 4. The molecule has 0 radical (unpaired) electrons. The lowest BCUT2D eigenvalue weighted by atomic mass is 10.2. The molecule has 0 N–H and O–H groups in total. The van der Waals surface area contributed by atoms with Crippen LogP contribution in [0, 0.1) is 0 Å². The summed E-state index contributed by atoms with van der Waals surface area (Å²) in [6.45, 7) is 0.0695. The van der Waals surface area contributed by atoms with Crippen molar-refractivity contribution in [2.75, 3.05) is 13.9 Å². The molecular formula is C18H14N2O6. The van der Waals surface area contributed by atoms with E-state index in [1.54, 1.807) is 49.6 Å². The Hall–Kier alpha value is -3.55. The zero-order valence-electron chi connectivity index (χ0n) is 13.8. The summed E-state index contributed by atoms with van der Waals surface area (Å²) in [5.74, 6) is 2.03. The summed E-state index contributed by atoms with van der Waals surface area (Å²) in [6.07, 6.45) is 0. The maximum absolute atomic E-state index is 12.0. The minimum atomic E-state index is -0.490. The van der Waals surface area contributed by atoms with E-state index in [2.05, 4.69) is 10.1 Å². The standard InChI is InChI=1S/C18H14N2O6/c1-22-13-5-2-11(3-6-13)18(21)23-9-16-19-17(20-26-16)12-4-7-14-15(8-12)25-10-24-14/h2-8H,9-10H2,1H3. The van der Waals surface area contributed by atoms with Crippen molar-refractivity contribution in [1.82, 2.24) is 10.1 Å². The van der Waals surface area contributed by atoms with Gasteiger partial charge in [-0.25, -0.2) is 4.79 Å². The number of rotatable bonds is 5. The Morgan fingerprint density at radius 1 is 1.12 bits per heavy atom. The number of nitrogens with zero attached hydrogens (tertiary/aromatic N) is 2. The first-order chi connectivity index (χ1) is 12.7. The lowest BCUT2D eigenvalue weighted by molar-refractivity contribution is 0.0430. The van der Waals surface area contributed by atoms with Gasteiger partial charge in [-0.3, -0.25) is 0 Å². The van der Waals surface area contributed by atoms with E-state index in [4.69, 9.17) is 23.5 Å². The van der Waals surface area contributed by atoms with Crippen LogP contribution < -0.4 is 14.2 Å². The van der Waals surface area contributed by atoms with Gasteiger partial charge in [-0.1, -0.05) is 5.16 Å². The predicted octanol–water partition coefficient (Wildman–Crippen LogP) is 2.83. The fourth-order valence-corrected chi connectivity index (χ4v) is 2.40. The van der Waals surface area contributed by atoms with Crippen LogP contribution in [-0.2, 0) is 11.3 Å². The topological polar surface area (TPSA) is 92.9 Å². The molecule has 26 heavy (non-hydrogen) atoms. The summed E-state index contributed by atoms with van der Waals surface area (Å²) in [5.41, 5.74) is 1.12. The summed E-state index contributed by atoms with van der Waals surface area (Å²) >= 11 is 0. The Morgan fingerprint density at radius 2 is 1.92 bits per heavy atom. The highest BCUT2D eigenvalue weighted by Crippen LogP contribution is 2.35. The lowest BCUT2D eigenvalue weighted by Crippen LogP contribution is -2.05. The van der Waals surface area contributed by atoms with Gasteiger partial charge in [0.2, 0.25) is 12.6 Å². The van der Waals surface area contributed by atoms with Crippen molar-refractivity contribution < 1.29 is 28.3 Å². The van der Waals surface area contributed by atoms with E-state index in [1.165, 1.54) is 0 Å². The second kappa shape index (κ2) is 6.75. The molecular weight excluding hydrogens is 340 g/mol. The van der Waals surface area contributed by atoms with Gasteiger partial charge in [0.1, 0.15) is 5.75 Å². The second-order valence-electron chi connectivity index (χ2n) is 5.38. The molecule has 0 aliphatic carbocycles. The van der Waals surface area contributed by atoms with E-state index in [0.717, 1.165) is 0 Å². The SMILES string of the molecule is COc1ccc(C(=O)OCc2nc(-c3ccc4c(c3)OCO4)no2)cc1. The van der Waals surface area contributed by atoms with Crippen LogP contribution >= 0.6 is 0 Å². The number of hydrogen-bond acceptors (Lipinski definition) is 8. The van der Waals surface area contributed by atoms with Crippen LogP contribution in [0.3, 0.4) is 0 Å². The molecule has 8 heteroatoms. The minimum absolute atomic E-state index is 0.123. The molecule has 1 aromatic heterocycles. The Balaban J connectivity index is 1.41. The quantitative estimate of drug-likeness (QED) is 0.646. The second-order valence-corrected chi connectivity index (χ2v) is 5.38. The first-order valence-corrected chi connectivity index (χ1v) is 7.77. The number of carbonyl (C=O) groups excluding carboxylic acids is 1. The minimum Gasteiger partial charge on any atom is -0.497 e. The normalized spacial score (nSPS) is 12.0. The molecule has 132 valence electrons. The number of carbonyl (C=O) groups is 1. The number of aromatic nitrogens is 2. The molecule has 0 atom stereocenters. The van der Waals surface area contributed by atoms with Gasteiger partial charge in [-0.15, -0.1) is 0 Å². The highest BCUT2D eigenvalue weighted by Gasteiger charge is 2.17. The molecule has 1 aliphatic heterocycles.